The standard InChI is InChI=1S/C48H46O12/c1-49-37-13-25-27-15-39(51-3)43(55-7)19-31(27)35-23-47(45(57-9)21-33(35)29(25)17-41(37)53-5)59-11-12-60-48-24-36-32-20-44(56-8)40(52-4)16-28(32)26-14-38(50-2)42(54-6)18-30(26)34(36)22-46(48)58-10/h13-24H,11-12H2,1-10H3. The maximum Gasteiger partial charge on any atom is 0.162 e. The first-order chi connectivity index (χ1) is 29.3. The van der Waals surface area contributed by atoms with Crippen LogP contribution in [0.5, 0.6) is 69.0 Å². The zero-order valence-electron chi connectivity index (χ0n) is 35.2. The van der Waals surface area contributed by atoms with Gasteiger partial charge >= 0.3 is 0 Å². The lowest BCUT2D eigenvalue weighted by atomic mass is 9.93. The van der Waals surface area contributed by atoms with Gasteiger partial charge in [-0.3, -0.25) is 0 Å². The number of hydrogen-bond acceptors (Lipinski definition) is 12. The third-order valence-electron chi connectivity index (χ3n) is 11.0. The summed E-state index contributed by atoms with van der Waals surface area (Å²) in [5.74, 6) is 7.01. The van der Waals surface area contributed by atoms with Gasteiger partial charge in [-0.2, -0.15) is 0 Å². The van der Waals surface area contributed by atoms with Crippen molar-refractivity contribution >= 4 is 64.6 Å². The maximum absolute atomic E-state index is 6.45. The van der Waals surface area contributed by atoms with E-state index in [1.807, 2.05) is 72.8 Å². The molecule has 0 unspecified atom stereocenters. The van der Waals surface area contributed by atoms with Gasteiger partial charge in [0, 0.05) is 0 Å². The average Bonchev–Trinajstić information content (AvgIpc) is 3.30. The van der Waals surface area contributed by atoms with Crippen molar-refractivity contribution in [2.45, 2.75) is 0 Å². The summed E-state index contributed by atoms with van der Waals surface area (Å²) in [6, 6.07) is 23.7. The predicted octanol–water partition coefficient (Wildman–Crippen LogP) is 10.1. The van der Waals surface area contributed by atoms with Crippen LogP contribution in [-0.2, 0) is 0 Å². The van der Waals surface area contributed by atoms with Gasteiger partial charge in [-0.15, -0.1) is 0 Å². The summed E-state index contributed by atoms with van der Waals surface area (Å²) in [4.78, 5) is 0. The van der Waals surface area contributed by atoms with Crippen LogP contribution in [0.1, 0.15) is 0 Å². The molecule has 0 aliphatic carbocycles. The summed E-state index contributed by atoms with van der Waals surface area (Å²) in [7, 11) is 16.2. The van der Waals surface area contributed by atoms with Gasteiger partial charge in [0.05, 0.1) is 71.1 Å². The molecule has 0 atom stereocenters. The number of methoxy groups -OCH3 is 10. The maximum atomic E-state index is 6.45. The molecule has 60 heavy (non-hydrogen) atoms. The van der Waals surface area contributed by atoms with E-state index in [0.29, 0.717) is 69.0 Å². The van der Waals surface area contributed by atoms with E-state index < -0.39 is 0 Å². The van der Waals surface area contributed by atoms with Crippen molar-refractivity contribution in [3.05, 3.63) is 72.8 Å². The minimum Gasteiger partial charge on any atom is -0.493 e. The highest BCUT2D eigenvalue weighted by molar-refractivity contribution is 6.28. The molecule has 310 valence electrons. The molecule has 12 heteroatoms. The number of rotatable bonds is 15. The Balaban J connectivity index is 1.20. The second-order valence-electron chi connectivity index (χ2n) is 13.8. The topological polar surface area (TPSA) is 111 Å². The SMILES string of the molecule is COc1cc2c3cc(OC)c(OC)cc3c3cc(OCCOc4cc5c6cc(OC)c(OC)cc6c6cc(OC)c(OC)cc6c5cc4OC)c(OC)cc3c2cc1OC. The zero-order valence-corrected chi connectivity index (χ0v) is 35.2. The number of hydrogen-bond donors (Lipinski definition) is 0. The lowest BCUT2D eigenvalue weighted by Gasteiger charge is -2.19. The highest BCUT2D eigenvalue weighted by Gasteiger charge is 2.21. The fourth-order valence-electron chi connectivity index (χ4n) is 8.16. The lowest BCUT2D eigenvalue weighted by Crippen LogP contribution is -2.10. The largest absolute Gasteiger partial charge is 0.493 e. The van der Waals surface area contributed by atoms with Crippen LogP contribution in [0.15, 0.2) is 72.8 Å². The highest BCUT2D eigenvalue weighted by Crippen LogP contribution is 2.49. The van der Waals surface area contributed by atoms with Gasteiger partial charge in [0.1, 0.15) is 13.2 Å². The van der Waals surface area contributed by atoms with Gasteiger partial charge in [0.25, 0.3) is 0 Å². The molecular formula is C48H46O12. The zero-order chi connectivity index (χ0) is 42.2. The summed E-state index contributed by atoms with van der Waals surface area (Å²) in [5, 5.41) is 11.2. The third-order valence-corrected chi connectivity index (χ3v) is 11.0. The van der Waals surface area contributed by atoms with E-state index in [1.54, 1.807) is 71.1 Å². The van der Waals surface area contributed by atoms with Crippen LogP contribution < -0.4 is 56.8 Å². The van der Waals surface area contributed by atoms with Crippen LogP contribution in [0.25, 0.3) is 64.6 Å². The van der Waals surface area contributed by atoms with Gasteiger partial charge in [0.2, 0.25) is 0 Å². The molecule has 0 saturated carbocycles. The molecular weight excluding hydrogens is 769 g/mol. The van der Waals surface area contributed by atoms with Gasteiger partial charge in [-0.1, -0.05) is 0 Å². The molecule has 0 amide bonds. The van der Waals surface area contributed by atoms with E-state index in [4.69, 9.17) is 56.8 Å². The van der Waals surface area contributed by atoms with Crippen LogP contribution in [-0.4, -0.2) is 84.3 Å². The van der Waals surface area contributed by atoms with Crippen molar-refractivity contribution < 1.29 is 56.8 Å². The monoisotopic (exact) mass is 814 g/mol. The van der Waals surface area contributed by atoms with Crippen LogP contribution in [0, 0.1) is 0 Å². The number of ether oxygens (including phenoxy) is 12. The molecule has 0 radical (unpaired) electrons. The Morgan fingerprint density at radius 1 is 0.200 bits per heavy atom. The van der Waals surface area contributed by atoms with E-state index in [9.17, 15) is 0 Å². The van der Waals surface area contributed by atoms with E-state index in [2.05, 4.69) is 0 Å². The minimum atomic E-state index is 0.192. The second-order valence-corrected chi connectivity index (χ2v) is 13.8. The Labute approximate surface area is 346 Å². The van der Waals surface area contributed by atoms with Crippen molar-refractivity contribution in [3.8, 4) is 69.0 Å². The van der Waals surface area contributed by atoms with Gasteiger partial charge < -0.3 is 56.8 Å². The first-order valence-electron chi connectivity index (χ1n) is 19.0. The van der Waals surface area contributed by atoms with Gasteiger partial charge in [-0.25, -0.2) is 0 Å². The van der Waals surface area contributed by atoms with E-state index >= 15 is 0 Å². The Morgan fingerprint density at radius 3 is 0.450 bits per heavy atom. The molecule has 0 N–H and O–H groups in total. The molecule has 8 aromatic rings. The van der Waals surface area contributed by atoms with Crippen LogP contribution >= 0.6 is 0 Å². The van der Waals surface area contributed by atoms with E-state index in [-0.39, 0.29) is 13.2 Å². The third kappa shape index (κ3) is 6.48. The number of fused-ring (bicyclic) bond motifs is 12. The Morgan fingerprint density at radius 2 is 0.317 bits per heavy atom. The van der Waals surface area contributed by atoms with Crippen molar-refractivity contribution in [1.29, 1.82) is 0 Å². The van der Waals surface area contributed by atoms with Gasteiger partial charge in [-0.05, 0) is 137 Å². The minimum absolute atomic E-state index is 0.192. The summed E-state index contributed by atoms with van der Waals surface area (Å²) in [6.45, 7) is 0.383. The van der Waals surface area contributed by atoms with Crippen LogP contribution in [0.4, 0.5) is 0 Å². The molecule has 12 nitrogen and oxygen atoms in total. The van der Waals surface area contributed by atoms with Crippen molar-refractivity contribution in [2.24, 2.45) is 0 Å². The first-order valence-corrected chi connectivity index (χ1v) is 19.0. The molecule has 0 spiro atoms. The fourth-order valence-corrected chi connectivity index (χ4v) is 8.16. The highest BCUT2D eigenvalue weighted by atomic mass is 16.6. The Bertz CT molecular complexity index is 2680. The first kappa shape index (κ1) is 39.7. The van der Waals surface area contributed by atoms with Crippen molar-refractivity contribution in [3.63, 3.8) is 0 Å². The second kappa shape index (κ2) is 16.3. The van der Waals surface area contributed by atoms with E-state index in [0.717, 1.165) is 64.6 Å². The molecule has 0 saturated heterocycles. The molecule has 0 heterocycles. The quantitative estimate of drug-likeness (QED) is 0.0726. The Kier molecular flexibility index (Phi) is 10.8. The summed E-state index contributed by atoms with van der Waals surface area (Å²) in [6.07, 6.45) is 0. The normalized spacial score (nSPS) is 11.3. The van der Waals surface area contributed by atoms with Crippen LogP contribution in [0.2, 0.25) is 0 Å². The summed E-state index contributed by atoms with van der Waals surface area (Å²) < 4.78 is 70.5. The molecule has 0 fully saturated rings. The van der Waals surface area contributed by atoms with Crippen LogP contribution in [0.3, 0.4) is 0 Å². The van der Waals surface area contributed by atoms with Gasteiger partial charge in [0.15, 0.2) is 69.0 Å². The average molecular weight is 815 g/mol. The fraction of sp³-hybridized carbons (Fsp3) is 0.250. The Hall–Kier alpha value is -7.08. The van der Waals surface area contributed by atoms with E-state index in [1.165, 1.54) is 0 Å². The molecule has 8 rings (SSSR count). The molecule has 0 aliphatic heterocycles. The smallest absolute Gasteiger partial charge is 0.162 e. The summed E-state index contributed by atoms with van der Waals surface area (Å²) >= 11 is 0. The predicted molar refractivity (Wildman–Crippen MR) is 234 cm³/mol. The molecule has 0 bridgehead atoms. The molecule has 0 aromatic heterocycles. The van der Waals surface area contributed by atoms with Crippen molar-refractivity contribution in [2.75, 3.05) is 84.3 Å². The summed E-state index contributed by atoms with van der Waals surface area (Å²) in [5.41, 5.74) is 0. The molecule has 0 aliphatic rings. The molecule has 8 aromatic carbocycles. The lowest BCUT2D eigenvalue weighted by molar-refractivity contribution is 0.206. The van der Waals surface area contributed by atoms with Crippen molar-refractivity contribution in [1.82, 2.24) is 0 Å². The number of benzene rings is 8.